The van der Waals surface area contributed by atoms with Crippen molar-refractivity contribution >= 4 is 52.2 Å². The lowest BCUT2D eigenvalue weighted by molar-refractivity contribution is -0.344. The molecule has 11 atom stereocenters. The Morgan fingerprint density at radius 2 is 1.46 bits per heavy atom. The van der Waals surface area contributed by atoms with Gasteiger partial charge in [-0.3, -0.25) is 19.2 Å². The summed E-state index contributed by atoms with van der Waals surface area (Å²) in [7, 11) is -5.76. The Labute approximate surface area is 458 Å². The first-order chi connectivity index (χ1) is 36.4. The summed E-state index contributed by atoms with van der Waals surface area (Å²) in [6.45, 7) is 24.0. The van der Waals surface area contributed by atoms with Gasteiger partial charge in [0.1, 0.15) is 35.5 Å². The number of ketones is 1. The quantitative estimate of drug-likeness (QED) is 0.0560. The van der Waals surface area contributed by atoms with Crippen molar-refractivity contribution < 1.29 is 75.2 Å². The SMILES string of the molecule is CC[Si](CC)(CC)O[C@H]1C[C@H]2OC[C@@]2(OC(C)=O)[C@H]2[C@H](OC(=O)c3cc(F)ccc3F)[C@]3(O)C[C@H](OC(=O)[C@H](O[Si](C)(C)C(C)(C)C)[C@@H](NC(=O)c4ccccc4)c4ccccc4)C(C)=C([C@@H](OC(C)=O)C(=O)[C@]12C)C3(C)C. The van der Waals surface area contributed by atoms with Crippen LogP contribution in [-0.4, -0.2) is 112 Å². The largest absolute Gasteiger partial charge is 0.456 e. The second-order valence-corrected chi connectivity index (χ2v) is 33.3. The highest BCUT2D eigenvalue weighted by molar-refractivity contribution is 6.74. The average Bonchev–Trinajstić information content (AvgIpc) is 3.10. The van der Waals surface area contributed by atoms with Gasteiger partial charge in [-0.25, -0.2) is 18.4 Å². The number of aliphatic hydroxyl groups is 1. The highest BCUT2D eigenvalue weighted by Crippen LogP contribution is 2.65. The topological polar surface area (TPSA) is 199 Å². The van der Waals surface area contributed by atoms with Crippen molar-refractivity contribution in [1.82, 2.24) is 5.32 Å². The number of carbonyl (C=O) groups is 6. The van der Waals surface area contributed by atoms with Crippen molar-refractivity contribution in [3.63, 3.8) is 0 Å². The molecule has 0 unspecified atom stereocenters. The maximum atomic E-state index is 16.6. The molecule has 78 heavy (non-hydrogen) atoms. The van der Waals surface area contributed by atoms with Gasteiger partial charge in [-0.15, -0.1) is 0 Å². The van der Waals surface area contributed by atoms with Crippen LogP contribution in [0.25, 0.3) is 0 Å². The van der Waals surface area contributed by atoms with E-state index in [-0.39, 0.29) is 24.2 Å². The molecule has 3 aromatic carbocycles. The average molecular weight is 1120 g/mol. The fourth-order valence-corrected chi connectivity index (χ4v) is 16.5. The number of hydrogen-bond donors (Lipinski definition) is 2. The van der Waals surface area contributed by atoms with Crippen molar-refractivity contribution in [2.24, 2.45) is 16.7 Å². The molecule has 0 radical (unpaired) electrons. The molecule has 0 aromatic heterocycles. The van der Waals surface area contributed by atoms with Gasteiger partial charge in [-0.05, 0) is 97.2 Å². The number of Topliss-reactive ketones (excluding diaryl/α,β-unsaturated/α-hetero) is 1. The number of benzene rings is 3. The number of fused-ring (bicyclic) bond motifs is 5. The summed E-state index contributed by atoms with van der Waals surface area (Å²) in [6.07, 6.45) is -9.75. The number of amides is 1. The second-order valence-electron chi connectivity index (χ2n) is 23.8. The molecule has 4 aliphatic rings. The van der Waals surface area contributed by atoms with Crippen molar-refractivity contribution in [3.05, 3.63) is 118 Å². The summed E-state index contributed by atoms with van der Waals surface area (Å²) in [5.41, 5.74) is -8.09. The van der Waals surface area contributed by atoms with Crippen LogP contribution in [0, 0.1) is 28.4 Å². The fourth-order valence-electron chi connectivity index (χ4n) is 12.3. The monoisotopic (exact) mass is 1120 g/mol. The Balaban J connectivity index is 1.51. The number of ether oxygens (including phenoxy) is 5. The molecule has 0 spiro atoms. The van der Waals surface area contributed by atoms with Crippen molar-refractivity contribution in [1.29, 1.82) is 0 Å². The smallest absolute Gasteiger partial charge is 0.341 e. The van der Waals surface area contributed by atoms with Gasteiger partial charge in [0.05, 0.1) is 35.6 Å². The Morgan fingerprint density at radius 1 is 0.859 bits per heavy atom. The Morgan fingerprint density at radius 3 is 2.00 bits per heavy atom. The molecule has 2 saturated carbocycles. The van der Waals surface area contributed by atoms with Gasteiger partial charge < -0.3 is 43.0 Å². The third-order valence-corrected chi connectivity index (χ3v) is 27.2. The van der Waals surface area contributed by atoms with Gasteiger partial charge >= 0.3 is 23.9 Å². The van der Waals surface area contributed by atoms with Crippen LogP contribution in [0.3, 0.4) is 0 Å². The van der Waals surface area contributed by atoms with Gasteiger partial charge in [0, 0.05) is 37.7 Å². The zero-order chi connectivity index (χ0) is 57.7. The van der Waals surface area contributed by atoms with Crippen LogP contribution in [0.1, 0.15) is 128 Å². The van der Waals surface area contributed by atoms with Crippen molar-refractivity contribution in [2.45, 2.75) is 186 Å². The molecule has 3 fully saturated rings. The molecule has 1 heterocycles. The second kappa shape index (κ2) is 22.2. The number of halogens is 2. The van der Waals surface area contributed by atoms with E-state index >= 15 is 18.4 Å². The van der Waals surface area contributed by atoms with Crippen LogP contribution in [0.15, 0.2) is 90.0 Å². The van der Waals surface area contributed by atoms with Gasteiger partial charge in [0.25, 0.3) is 5.91 Å². The molecular formula is C59H77F2NO14Si2. The Hall–Kier alpha value is -5.45. The van der Waals surface area contributed by atoms with E-state index in [9.17, 15) is 24.3 Å². The highest BCUT2D eigenvalue weighted by atomic mass is 28.4. The third kappa shape index (κ3) is 10.7. The number of carbonyl (C=O) groups excluding carboxylic acids is 6. The molecule has 1 aliphatic heterocycles. The summed E-state index contributed by atoms with van der Waals surface area (Å²) < 4.78 is 77.2. The lowest BCUT2D eigenvalue weighted by Gasteiger charge is -2.68. The van der Waals surface area contributed by atoms with E-state index < -0.39 is 151 Å². The van der Waals surface area contributed by atoms with Gasteiger partial charge in [-0.1, -0.05) is 104 Å². The summed E-state index contributed by atoms with van der Waals surface area (Å²) >= 11 is 0. The number of nitrogens with one attached hydrogen (secondary N) is 1. The van der Waals surface area contributed by atoms with E-state index in [1.165, 1.54) is 0 Å². The van der Waals surface area contributed by atoms with E-state index in [1.807, 2.05) is 54.6 Å². The van der Waals surface area contributed by atoms with Crippen molar-refractivity contribution in [3.8, 4) is 0 Å². The first-order valence-electron chi connectivity index (χ1n) is 27.0. The zero-order valence-electron chi connectivity index (χ0n) is 47.4. The van der Waals surface area contributed by atoms with Gasteiger partial charge in [0.15, 0.2) is 40.2 Å². The first kappa shape index (κ1) is 60.2. The molecule has 1 amide bonds. The predicted molar refractivity (Wildman–Crippen MR) is 290 cm³/mol. The molecule has 3 aromatic rings. The maximum absolute atomic E-state index is 16.6. The molecule has 7 rings (SSSR count). The molecular weight excluding hydrogens is 1040 g/mol. The van der Waals surface area contributed by atoms with Crippen LogP contribution in [0.2, 0.25) is 36.3 Å². The third-order valence-electron chi connectivity index (χ3n) is 18.1. The summed E-state index contributed by atoms with van der Waals surface area (Å²) in [5, 5.41) is 16.9. The number of esters is 4. The van der Waals surface area contributed by atoms with Crippen LogP contribution >= 0.6 is 0 Å². The Bertz CT molecular complexity index is 2810. The molecule has 424 valence electrons. The van der Waals surface area contributed by atoms with Crippen LogP contribution < -0.4 is 5.32 Å². The normalized spacial score (nSPS) is 28.5. The predicted octanol–water partition coefficient (Wildman–Crippen LogP) is 10.1. The van der Waals surface area contributed by atoms with E-state index in [1.54, 1.807) is 88.4 Å². The number of hydrogen-bond acceptors (Lipinski definition) is 14. The Kier molecular flexibility index (Phi) is 17.2. The minimum atomic E-state index is -3.01. The van der Waals surface area contributed by atoms with E-state index in [0.29, 0.717) is 35.3 Å². The lowest BCUT2D eigenvalue weighted by atomic mass is 9.44. The maximum Gasteiger partial charge on any atom is 0.341 e. The van der Waals surface area contributed by atoms with Gasteiger partial charge in [0.2, 0.25) is 0 Å². The van der Waals surface area contributed by atoms with E-state index in [4.69, 9.17) is 32.5 Å². The van der Waals surface area contributed by atoms with Crippen LogP contribution in [0.5, 0.6) is 0 Å². The molecule has 3 aliphatic carbocycles. The minimum absolute atomic E-state index is 0.00279. The zero-order valence-corrected chi connectivity index (χ0v) is 49.4. The lowest BCUT2D eigenvalue weighted by Crippen LogP contribution is -2.82. The molecule has 15 nitrogen and oxygen atoms in total. The van der Waals surface area contributed by atoms with E-state index in [0.717, 1.165) is 26.0 Å². The fraction of sp³-hybridized carbons (Fsp3) is 0.559. The minimum Gasteiger partial charge on any atom is -0.456 e. The van der Waals surface area contributed by atoms with Crippen molar-refractivity contribution in [2.75, 3.05) is 6.61 Å². The summed E-state index contributed by atoms with van der Waals surface area (Å²) in [5.74, 6) is -9.18. The molecule has 2 N–H and O–H groups in total. The summed E-state index contributed by atoms with van der Waals surface area (Å²) in [4.78, 5) is 88.5. The number of rotatable bonds is 17. The molecule has 2 bridgehead atoms. The van der Waals surface area contributed by atoms with Crippen LogP contribution in [-0.2, 0) is 51.7 Å². The first-order valence-corrected chi connectivity index (χ1v) is 32.4. The molecule has 19 heteroatoms. The van der Waals surface area contributed by atoms with Crippen LogP contribution in [0.4, 0.5) is 8.78 Å². The van der Waals surface area contributed by atoms with Gasteiger partial charge in [-0.2, -0.15) is 0 Å². The standard InChI is InChI=1S/C59H77F2NO14Si2/c1-15-78(16-2,17-3)75-43-31-44-58(33-70-44,74-36(6)64)49-51(73-53(67)40-30-39(60)28-29-41(40)61)59(69)32-42(34(4)45(56(59,10)11)47(71-35(5)63)50(65)57(43,49)12)72-54(68)48(76-77(13,14)55(7,8)9)46(37-24-20-18-21-25-37)62-52(66)38-26-22-19-23-27-38/h18-30,42-44,46-49,51,69H,15-17,31-33H2,1-14H3,(H,62,66)/t42-,43-,44+,46-,47+,48+,49-,51-,57+,58-,59+/m0/s1. The summed E-state index contributed by atoms with van der Waals surface area (Å²) in [6, 6.07) is 20.1. The highest BCUT2D eigenvalue weighted by Gasteiger charge is 2.79. The van der Waals surface area contributed by atoms with E-state index in [2.05, 4.69) is 5.32 Å². The molecule has 1 saturated heterocycles.